The monoisotopic (exact) mass is 671 g/mol. The van der Waals surface area contributed by atoms with Gasteiger partial charge in [-0.1, -0.05) is 45.0 Å². The molecule has 1 aromatic heterocycles. The molecule has 0 bridgehead atoms. The fraction of sp³-hybridized carbons (Fsp3) is 0.432. The molecule has 1 fully saturated rings. The molecule has 11 heteroatoms. The Balaban J connectivity index is 1.46. The number of aryl methyl sites for hydroxylation is 2. The zero-order chi connectivity index (χ0) is 34.7. The molecule has 0 spiro atoms. The zero-order valence-electron chi connectivity index (χ0n) is 29.0. The maximum Gasteiger partial charge on any atom is 0.335 e. The van der Waals surface area contributed by atoms with Gasteiger partial charge in [0.15, 0.2) is 0 Å². The first kappa shape index (κ1) is 36.6. The van der Waals surface area contributed by atoms with Gasteiger partial charge in [0.1, 0.15) is 12.4 Å². The van der Waals surface area contributed by atoms with Crippen molar-refractivity contribution in [2.45, 2.75) is 83.7 Å². The van der Waals surface area contributed by atoms with E-state index in [4.69, 9.17) is 9.72 Å². The van der Waals surface area contributed by atoms with Crippen molar-refractivity contribution >= 4 is 36.8 Å². The van der Waals surface area contributed by atoms with Gasteiger partial charge in [0, 0.05) is 48.4 Å². The van der Waals surface area contributed by atoms with Gasteiger partial charge in [-0.2, -0.15) is 4.98 Å². The number of hydrogen-bond donors (Lipinski definition) is 3. The first-order valence-electron chi connectivity index (χ1n) is 16.4. The zero-order valence-corrected chi connectivity index (χ0v) is 29.8. The van der Waals surface area contributed by atoms with Gasteiger partial charge < -0.3 is 20.1 Å². The summed E-state index contributed by atoms with van der Waals surface area (Å²) in [5.41, 5.74) is 4.27. The highest BCUT2D eigenvalue weighted by Gasteiger charge is 2.23. The van der Waals surface area contributed by atoms with Crippen LogP contribution in [-0.2, 0) is 0 Å². The van der Waals surface area contributed by atoms with Crippen LogP contribution in [0.15, 0.2) is 75.4 Å². The lowest BCUT2D eigenvalue weighted by molar-refractivity contribution is 0.0696. The standard InChI is InChI=1S/C37H49N7O3S/c1-25-12-8-13-26(2)34(25)31-21-33(42-36(41-31)43-48-30-17-9-14-27(20-30)35(45)46)47-24-28(22-37(3,4)5)40-19-11-18-39-23-32(38-6)44(7)29-15-10-16-29/h8-9,12-14,17-18,20-21,23,28-29,40H,6,10-11,15-16,19,22,24H2,1-5,7H3,(H,45,46)(H,41,42,43)/b32-23+,39-18?. The quantitative estimate of drug-likeness (QED) is 0.0749. The summed E-state index contributed by atoms with van der Waals surface area (Å²) in [6.45, 7) is 15.7. The summed E-state index contributed by atoms with van der Waals surface area (Å²) >= 11 is 1.25. The van der Waals surface area contributed by atoms with E-state index in [1.165, 1.54) is 31.2 Å². The number of aliphatic imine (C=N–C) groups is 2. The molecule has 256 valence electrons. The number of aromatic nitrogens is 2. The third-order valence-electron chi connectivity index (χ3n) is 8.22. The Morgan fingerprint density at radius 1 is 1.17 bits per heavy atom. The molecule has 10 nitrogen and oxygen atoms in total. The lowest BCUT2D eigenvalue weighted by Crippen LogP contribution is -2.38. The lowest BCUT2D eigenvalue weighted by atomic mass is 9.88. The van der Waals surface area contributed by atoms with Gasteiger partial charge >= 0.3 is 5.97 Å². The molecule has 1 aliphatic carbocycles. The van der Waals surface area contributed by atoms with E-state index in [9.17, 15) is 9.90 Å². The van der Waals surface area contributed by atoms with Gasteiger partial charge in [0.2, 0.25) is 11.8 Å². The van der Waals surface area contributed by atoms with Crippen LogP contribution in [0, 0.1) is 19.3 Å². The van der Waals surface area contributed by atoms with Crippen LogP contribution in [0.5, 0.6) is 5.88 Å². The van der Waals surface area contributed by atoms with E-state index in [0.29, 0.717) is 24.5 Å². The highest BCUT2D eigenvalue weighted by atomic mass is 32.2. The van der Waals surface area contributed by atoms with Gasteiger partial charge in [-0.05, 0) is 99.4 Å². The van der Waals surface area contributed by atoms with Gasteiger partial charge in [-0.15, -0.1) is 0 Å². The minimum Gasteiger partial charge on any atom is -0.478 e. The molecular formula is C37H49N7O3S. The molecule has 2 aromatic carbocycles. The molecule has 1 unspecified atom stereocenters. The van der Waals surface area contributed by atoms with Crippen molar-refractivity contribution < 1.29 is 14.6 Å². The van der Waals surface area contributed by atoms with E-state index in [0.717, 1.165) is 52.5 Å². The Morgan fingerprint density at radius 3 is 2.54 bits per heavy atom. The van der Waals surface area contributed by atoms with Crippen LogP contribution in [0.1, 0.15) is 74.4 Å². The predicted octanol–water partition coefficient (Wildman–Crippen LogP) is 7.80. The van der Waals surface area contributed by atoms with Crippen LogP contribution in [-0.4, -0.2) is 71.2 Å². The number of rotatable bonds is 17. The van der Waals surface area contributed by atoms with Crippen LogP contribution >= 0.6 is 11.9 Å². The number of carboxylic acids is 1. The summed E-state index contributed by atoms with van der Waals surface area (Å²) < 4.78 is 9.58. The smallest absolute Gasteiger partial charge is 0.335 e. The number of nitrogens with zero attached hydrogens (tertiary/aromatic N) is 5. The Bertz CT molecular complexity index is 1590. The summed E-state index contributed by atoms with van der Waals surface area (Å²) in [7, 11) is 2.05. The van der Waals surface area contributed by atoms with E-state index >= 15 is 0 Å². The molecule has 0 amide bonds. The van der Waals surface area contributed by atoms with Crippen molar-refractivity contribution in [1.29, 1.82) is 0 Å². The number of anilines is 1. The maximum absolute atomic E-state index is 11.5. The normalized spacial score (nSPS) is 14.4. The molecule has 0 radical (unpaired) electrons. The predicted molar refractivity (Wildman–Crippen MR) is 197 cm³/mol. The van der Waals surface area contributed by atoms with Crippen molar-refractivity contribution in [2.75, 3.05) is 24.9 Å². The molecule has 3 N–H and O–H groups in total. The van der Waals surface area contributed by atoms with Crippen molar-refractivity contribution in [2.24, 2.45) is 15.4 Å². The lowest BCUT2D eigenvalue weighted by Gasteiger charge is -2.35. The molecular weight excluding hydrogens is 623 g/mol. The van der Waals surface area contributed by atoms with Gasteiger partial charge in [0.05, 0.1) is 17.5 Å². The Hall–Kier alpha value is -4.22. The van der Waals surface area contributed by atoms with Crippen LogP contribution in [0.2, 0.25) is 0 Å². The Labute approximate surface area is 289 Å². The molecule has 48 heavy (non-hydrogen) atoms. The minimum absolute atomic E-state index is 0.0762. The first-order chi connectivity index (χ1) is 22.9. The number of hydrogen-bond acceptors (Lipinski definition) is 10. The highest BCUT2D eigenvalue weighted by Crippen LogP contribution is 2.31. The number of nitrogens with one attached hydrogen (secondary N) is 2. The average Bonchev–Trinajstić information content (AvgIpc) is 3.00. The fourth-order valence-corrected chi connectivity index (χ4v) is 6.19. The van der Waals surface area contributed by atoms with Crippen LogP contribution in [0.4, 0.5) is 5.95 Å². The third-order valence-corrected chi connectivity index (χ3v) is 8.99. The van der Waals surface area contributed by atoms with Gasteiger partial charge in [-0.3, -0.25) is 9.71 Å². The largest absolute Gasteiger partial charge is 0.478 e. The molecule has 3 aromatic rings. The summed E-state index contributed by atoms with van der Waals surface area (Å²) in [4.78, 5) is 32.5. The molecule has 1 atom stereocenters. The van der Waals surface area contributed by atoms with Crippen molar-refractivity contribution in [3.63, 3.8) is 0 Å². The van der Waals surface area contributed by atoms with Crippen LogP contribution < -0.4 is 14.8 Å². The second kappa shape index (κ2) is 17.3. The number of benzene rings is 2. The summed E-state index contributed by atoms with van der Waals surface area (Å²) in [5, 5.41) is 13.0. The molecule has 1 aliphatic rings. The Kier molecular flexibility index (Phi) is 13.2. The minimum atomic E-state index is -0.977. The third kappa shape index (κ3) is 10.9. The average molecular weight is 672 g/mol. The number of aromatic carboxylic acids is 1. The van der Waals surface area contributed by atoms with Crippen molar-refractivity contribution in [3.8, 4) is 17.1 Å². The molecule has 4 rings (SSSR count). The van der Waals surface area contributed by atoms with E-state index in [2.05, 4.69) is 90.4 Å². The number of carboxylic acid groups (broad SMARTS) is 1. The second-order valence-electron chi connectivity index (χ2n) is 13.4. The fourth-order valence-electron chi connectivity index (χ4n) is 5.55. The highest BCUT2D eigenvalue weighted by molar-refractivity contribution is 8.00. The van der Waals surface area contributed by atoms with E-state index in [-0.39, 0.29) is 17.0 Å². The maximum atomic E-state index is 11.5. The summed E-state index contributed by atoms with van der Waals surface area (Å²) in [6.07, 6.45) is 9.00. The topological polar surface area (TPSA) is 124 Å². The SMILES string of the molecule is C=N/C(=C\N=CCCNC(COc1cc(-c2c(C)cccc2C)nc(NSc2cccc(C(=O)O)c2)n1)CC(C)(C)C)N(C)C1CCC1. The van der Waals surface area contributed by atoms with E-state index < -0.39 is 5.97 Å². The van der Waals surface area contributed by atoms with E-state index in [1.54, 1.807) is 24.4 Å². The number of ether oxygens (including phenoxy) is 1. The first-order valence-corrected chi connectivity index (χ1v) is 17.2. The van der Waals surface area contributed by atoms with E-state index in [1.807, 2.05) is 24.4 Å². The van der Waals surface area contributed by atoms with Crippen molar-refractivity contribution in [1.82, 2.24) is 20.2 Å². The van der Waals surface area contributed by atoms with Crippen LogP contribution in [0.25, 0.3) is 11.3 Å². The van der Waals surface area contributed by atoms with Gasteiger partial charge in [0.25, 0.3) is 0 Å². The molecule has 0 saturated heterocycles. The summed E-state index contributed by atoms with van der Waals surface area (Å²) in [5.74, 6) is 0.651. The summed E-state index contributed by atoms with van der Waals surface area (Å²) in [6, 6.07) is 15.4. The molecule has 0 aliphatic heterocycles. The number of carbonyl (C=O) groups is 1. The Morgan fingerprint density at radius 2 is 1.90 bits per heavy atom. The molecule has 1 heterocycles. The second-order valence-corrected chi connectivity index (χ2v) is 14.3. The van der Waals surface area contributed by atoms with Gasteiger partial charge in [-0.25, -0.2) is 14.8 Å². The molecule has 1 saturated carbocycles. The van der Waals surface area contributed by atoms with Crippen LogP contribution in [0.3, 0.4) is 0 Å². The van der Waals surface area contributed by atoms with Crippen molar-refractivity contribution in [3.05, 3.63) is 77.2 Å².